The van der Waals surface area contributed by atoms with Crippen LogP contribution in [0.5, 0.6) is 0 Å². The Morgan fingerprint density at radius 2 is 1.00 bits per heavy atom. The number of fused-ring (bicyclic) bond motifs is 4. The minimum absolute atomic E-state index is 0.0979. The molecule has 0 saturated heterocycles. The highest BCUT2D eigenvalue weighted by Crippen LogP contribution is 2.54. The molecule has 1 nitrogen and oxygen atoms in total. The highest BCUT2D eigenvalue weighted by atomic mass is 15.1. The molecule has 0 amide bonds. The van der Waals surface area contributed by atoms with Crippen LogP contribution in [0.3, 0.4) is 0 Å². The summed E-state index contributed by atoms with van der Waals surface area (Å²) in [6.45, 7) is 4.81. The smallest absolute Gasteiger partial charge is 0.0543 e. The predicted molar refractivity (Wildman–Crippen MR) is 213 cm³/mol. The minimum Gasteiger partial charge on any atom is -0.310 e. The third-order valence-corrected chi connectivity index (χ3v) is 12.5. The molecule has 0 radical (unpaired) electrons. The number of hydrogen-bond donors (Lipinski definition) is 0. The molecule has 3 aliphatic carbocycles. The van der Waals surface area contributed by atoms with Gasteiger partial charge in [-0.05, 0) is 124 Å². The van der Waals surface area contributed by atoms with Crippen molar-refractivity contribution >= 4 is 27.8 Å². The first-order valence-corrected chi connectivity index (χ1v) is 19.3. The van der Waals surface area contributed by atoms with Gasteiger partial charge in [0, 0.05) is 22.4 Å². The van der Waals surface area contributed by atoms with E-state index in [9.17, 15) is 0 Å². The molecule has 9 rings (SSSR count). The normalized spacial score (nSPS) is 17.4. The Hall–Kier alpha value is -4.62. The van der Waals surface area contributed by atoms with Crippen molar-refractivity contribution in [2.45, 2.75) is 95.3 Å². The van der Waals surface area contributed by atoms with Crippen molar-refractivity contribution in [3.8, 4) is 22.3 Å². The maximum absolute atomic E-state index is 2.56. The van der Waals surface area contributed by atoms with Crippen LogP contribution in [-0.4, -0.2) is 0 Å². The van der Waals surface area contributed by atoms with Crippen LogP contribution in [0.15, 0.2) is 127 Å². The lowest BCUT2D eigenvalue weighted by atomic mass is 9.81. The lowest BCUT2D eigenvalue weighted by molar-refractivity contribution is 0.443. The number of hydrogen-bond acceptors (Lipinski definition) is 1. The van der Waals surface area contributed by atoms with Crippen molar-refractivity contribution in [1.29, 1.82) is 0 Å². The lowest BCUT2D eigenvalue weighted by Crippen LogP contribution is -2.17. The lowest BCUT2D eigenvalue weighted by Gasteiger charge is -2.31. The summed E-state index contributed by atoms with van der Waals surface area (Å²) in [7, 11) is 0. The standard InChI is InChI=1S/C49H49N/c1-49(2)46-23-12-11-21-43(46)44-32-45(42-22-13-19-38-18-9-10-20-41(38)42)48(33-47(44)49)50(39-28-24-36(25-29-39)34-14-5-3-6-15-34)40-30-26-37(27-31-40)35-16-7-4-8-17-35/h9-13,18-35H,3-8,14-17H2,1-2H3. The van der Waals surface area contributed by atoms with Crippen molar-refractivity contribution in [3.05, 3.63) is 150 Å². The van der Waals surface area contributed by atoms with Crippen molar-refractivity contribution in [3.63, 3.8) is 0 Å². The summed E-state index contributed by atoms with van der Waals surface area (Å²) < 4.78 is 0. The van der Waals surface area contributed by atoms with E-state index in [4.69, 9.17) is 0 Å². The zero-order valence-electron chi connectivity index (χ0n) is 29.8. The number of rotatable bonds is 6. The van der Waals surface area contributed by atoms with E-state index < -0.39 is 0 Å². The Morgan fingerprint density at radius 3 is 1.64 bits per heavy atom. The van der Waals surface area contributed by atoms with Crippen molar-refractivity contribution in [2.24, 2.45) is 0 Å². The number of anilines is 3. The van der Waals surface area contributed by atoms with Crippen molar-refractivity contribution in [2.75, 3.05) is 4.90 Å². The second-order valence-corrected chi connectivity index (χ2v) is 15.8. The van der Waals surface area contributed by atoms with Gasteiger partial charge in [0.1, 0.15) is 0 Å². The SMILES string of the molecule is CC1(C)c2ccccc2-c2cc(-c3cccc4ccccc34)c(N(c3ccc(C4CCCCC4)cc3)c3ccc(C4CCCCC4)cc3)cc21. The first kappa shape index (κ1) is 31.4. The third kappa shape index (κ3) is 5.47. The number of nitrogens with zero attached hydrogens (tertiary/aromatic N) is 1. The third-order valence-electron chi connectivity index (χ3n) is 12.5. The summed E-state index contributed by atoms with van der Waals surface area (Å²) in [4.78, 5) is 2.56. The van der Waals surface area contributed by atoms with Crippen molar-refractivity contribution in [1.82, 2.24) is 0 Å². The Morgan fingerprint density at radius 1 is 0.460 bits per heavy atom. The second kappa shape index (κ2) is 12.9. The van der Waals surface area contributed by atoms with Crippen LogP contribution in [0.1, 0.15) is 112 Å². The second-order valence-electron chi connectivity index (χ2n) is 15.8. The summed E-state index contributed by atoms with van der Waals surface area (Å²) in [5, 5.41) is 2.57. The molecule has 50 heavy (non-hydrogen) atoms. The fourth-order valence-electron chi connectivity index (χ4n) is 9.69. The maximum Gasteiger partial charge on any atom is 0.0543 e. The van der Waals surface area contributed by atoms with Gasteiger partial charge >= 0.3 is 0 Å². The average molecular weight is 652 g/mol. The van der Waals surface area contributed by atoms with E-state index >= 15 is 0 Å². The Kier molecular flexibility index (Phi) is 8.11. The fourth-order valence-corrected chi connectivity index (χ4v) is 9.69. The molecule has 0 atom stereocenters. The zero-order chi connectivity index (χ0) is 33.7. The first-order chi connectivity index (χ1) is 24.6. The molecule has 2 saturated carbocycles. The molecule has 6 aromatic rings. The molecule has 2 fully saturated rings. The van der Waals surface area contributed by atoms with E-state index in [0.717, 1.165) is 0 Å². The van der Waals surface area contributed by atoms with Crippen molar-refractivity contribution < 1.29 is 0 Å². The summed E-state index contributed by atoms with van der Waals surface area (Å²) in [5.74, 6) is 1.37. The quantitative estimate of drug-likeness (QED) is 0.173. The summed E-state index contributed by atoms with van der Waals surface area (Å²) in [6.07, 6.45) is 13.5. The highest BCUT2D eigenvalue weighted by molar-refractivity contribution is 6.03. The van der Waals surface area contributed by atoms with Gasteiger partial charge in [-0.25, -0.2) is 0 Å². The van der Waals surface area contributed by atoms with Crippen LogP contribution in [0, 0.1) is 0 Å². The molecule has 0 heterocycles. The van der Waals surface area contributed by atoms with Gasteiger partial charge in [0.05, 0.1) is 5.69 Å². The molecule has 3 aliphatic rings. The topological polar surface area (TPSA) is 3.24 Å². The molecule has 0 N–H and O–H groups in total. The zero-order valence-corrected chi connectivity index (χ0v) is 29.8. The van der Waals surface area contributed by atoms with E-state index in [1.165, 1.54) is 137 Å². The van der Waals surface area contributed by atoms with E-state index in [-0.39, 0.29) is 5.41 Å². The van der Waals surface area contributed by atoms with Gasteiger partial charge < -0.3 is 4.90 Å². The van der Waals surface area contributed by atoms with E-state index in [0.29, 0.717) is 11.8 Å². The van der Waals surface area contributed by atoms with Gasteiger partial charge in [0.15, 0.2) is 0 Å². The van der Waals surface area contributed by atoms with Gasteiger partial charge in [-0.3, -0.25) is 0 Å². The largest absolute Gasteiger partial charge is 0.310 e. The molecule has 1 heteroatoms. The highest BCUT2D eigenvalue weighted by Gasteiger charge is 2.37. The van der Waals surface area contributed by atoms with Gasteiger partial charge in [-0.2, -0.15) is 0 Å². The molecule has 250 valence electrons. The summed E-state index contributed by atoms with van der Waals surface area (Å²) in [6, 6.07) is 49.1. The van der Waals surface area contributed by atoms with Crippen LogP contribution < -0.4 is 4.90 Å². The number of benzene rings is 6. The first-order valence-electron chi connectivity index (χ1n) is 19.3. The van der Waals surface area contributed by atoms with Gasteiger partial charge in [0.2, 0.25) is 0 Å². The molecule has 0 spiro atoms. The Bertz CT molecular complexity index is 2070. The van der Waals surface area contributed by atoms with Crippen LogP contribution >= 0.6 is 0 Å². The average Bonchev–Trinajstić information content (AvgIpc) is 3.41. The van der Waals surface area contributed by atoms with Gasteiger partial charge in [-0.15, -0.1) is 0 Å². The molecule has 0 aromatic heterocycles. The fraction of sp³-hybridized carbons (Fsp3) is 0.306. The van der Waals surface area contributed by atoms with Gasteiger partial charge in [-0.1, -0.05) is 143 Å². The molecule has 0 unspecified atom stereocenters. The molecular weight excluding hydrogens is 603 g/mol. The van der Waals surface area contributed by atoms with Crippen LogP contribution in [0.25, 0.3) is 33.0 Å². The van der Waals surface area contributed by atoms with E-state index in [1.807, 2.05) is 0 Å². The summed E-state index contributed by atoms with van der Waals surface area (Å²) >= 11 is 0. The Labute approximate surface area is 299 Å². The molecule has 0 bridgehead atoms. The van der Waals surface area contributed by atoms with Crippen LogP contribution in [-0.2, 0) is 5.41 Å². The van der Waals surface area contributed by atoms with E-state index in [1.54, 1.807) is 0 Å². The maximum atomic E-state index is 2.56. The van der Waals surface area contributed by atoms with E-state index in [2.05, 4.69) is 146 Å². The molecular formula is C49H49N. The predicted octanol–water partition coefficient (Wildman–Crippen LogP) is 14.4. The molecule has 6 aromatic carbocycles. The monoisotopic (exact) mass is 651 g/mol. The van der Waals surface area contributed by atoms with Crippen LogP contribution in [0.2, 0.25) is 0 Å². The summed E-state index contributed by atoms with van der Waals surface area (Å²) in [5.41, 5.74) is 14.7. The minimum atomic E-state index is -0.0979. The Balaban J connectivity index is 1.27. The van der Waals surface area contributed by atoms with Gasteiger partial charge in [0.25, 0.3) is 0 Å². The molecule has 0 aliphatic heterocycles. The van der Waals surface area contributed by atoms with Crippen LogP contribution in [0.4, 0.5) is 17.1 Å².